The molecule has 0 aromatic rings. The van der Waals surface area contributed by atoms with Gasteiger partial charge in [0.25, 0.3) is 0 Å². The minimum absolute atomic E-state index is 0.177. The Morgan fingerprint density at radius 3 is 2.57 bits per heavy atom. The summed E-state index contributed by atoms with van der Waals surface area (Å²) in [5, 5.41) is 0. The van der Waals surface area contributed by atoms with Gasteiger partial charge >= 0.3 is 0 Å². The van der Waals surface area contributed by atoms with Crippen molar-refractivity contribution in [1.29, 1.82) is 0 Å². The monoisotopic (exact) mass is 471 g/mol. The third-order valence-electron chi connectivity index (χ3n) is 6.14. The number of guanidine groups is 1. The number of carbonyl (C=O) groups excluding carboxylic acids is 1. The van der Waals surface area contributed by atoms with E-state index in [0.717, 1.165) is 38.8 Å². The molecule has 0 radical (unpaired) electrons. The molecular formula is C19H30BrN5O2S. The number of likely N-dealkylation sites (tertiary alicyclic amines) is 1. The van der Waals surface area contributed by atoms with Crippen LogP contribution in [0, 0.1) is 5.41 Å². The van der Waals surface area contributed by atoms with E-state index in [1.807, 2.05) is 33.8 Å². The van der Waals surface area contributed by atoms with Crippen molar-refractivity contribution in [2.45, 2.75) is 63.7 Å². The summed E-state index contributed by atoms with van der Waals surface area (Å²) >= 11 is 2.26. The molecule has 0 amide bonds. The van der Waals surface area contributed by atoms with Crippen molar-refractivity contribution in [3.63, 3.8) is 0 Å². The number of hydrogen-bond donors (Lipinski definition) is 2. The van der Waals surface area contributed by atoms with E-state index in [4.69, 9.17) is 5.73 Å². The quantitative estimate of drug-likeness (QED) is 0.473. The van der Waals surface area contributed by atoms with Gasteiger partial charge in [-0.25, -0.2) is 4.79 Å². The summed E-state index contributed by atoms with van der Waals surface area (Å²) in [5.41, 5.74) is 6.53. The fourth-order valence-electron chi connectivity index (χ4n) is 4.38. The first-order chi connectivity index (χ1) is 13.1. The average molecular weight is 472 g/mol. The summed E-state index contributed by atoms with van der Waals surface area (Å²) in [4.78, 5) is 19.8. The van der Waals surface area contributed by atoms with Crippen LogP contribution in [0.1, 0.15) is 52.9 Å². The van der Waals surface area contributed by atoms with E-state index in [0.29, 0.717) is 22.0 Å². The second-order valence-corrected chi connectivity index (χ2v) is 11.7. The Morgan fingerprint density at radius 1 is 1.36 bits per heavy atom. The van der Waals surface area contributed by atoms with Crippen LogP contribution in [-0.2, 0) is 16.2 Å². The van der Waals surface area contributed by atoms with Crippen LogP contribution in [-0.4, -0.2) is 57.2 Å². The molecular weight excluding hydrogens is 442 g/mol. The first-order valence-corrected chi connectivity index (χ1v) is 11.7. The zero-order chi connectivity index (χ0) is 20.7. The van der Waals surface area contributed by atoms with Gasteiger partial charge in [-0.05, 0) is 67.8 Å². The van der Waals surface area contributed by atoms with Gasteiger partial charge in [-0.3, -0.25) is 0 Å². The molecule has 2 fully saturated rings. The van der Waals surface area contributed by atoms with Crippen molar-refractivity contribution < 1.29 is 9.35 Å². The van der Waals surface area contributed by atoms with Gasteiger partial charge in [-0.15, -0.1) is 4.72 Å². The summed E-state index contributed by atoms with van der Waals surface area (Å²) in [6.45, 7) is 7.68. The number of hydrogen-bond acceptors (Lipinski definition) is 7. The van der Waals surface area contributed by atoms with Crippen molar-refractivity contribution in [3.8, 4) is 0 Å². The van der Waals surface area contributed by atoms with E-state index in [9.17, 15) is 9.35 Å². The third kappa shape index (κ3) is 4.00. The predicted octanol–water partition coefficient (Wildman–Crippen LogP) is 2.21. The lowest BCUT2D eigenvalue weighted by Gasteiger charge is -2.45. The fourth-order valence-corrected chi connectivity index (χ4v) is 5.79. The Bertz CT molecular complexity index is 733. The molecule has 1 spiro atoms. The Balaban J connectivity index is 1.72. The van der Waals surface area contributed by atoms with Crippen molar-refractivity contribution in [1.82, 2.24) is 14.5 Å². The van der Waals surface area contributed by atoms with E-state index in [1.54, 1.807) is 4.90 Å². The van der Waals surface area contributed by atoms with Crippen LogP contribution in [0.5, 0.6) is 0 Å². The normalized spacial score (nSPS) is 26.6. The number of aliphatic imine (C=N–C) groups is 1. The SMILES string of the molecule is CN1C(=C=O)C(Br)=C(N)N=C1N1CCC2(CCC[C@H]2N[S+]([O-])C(C)(C)C)CC1. The predicted molar refractivity (Wildman–Crippen MR) is 116 cm³/mol. The van der Waals surface area contributed by atoms with Gasteiger partial charge in [0.2, 0.25) is 5.96 Å². The summed E-state index contributed by atoms with van der Waals surface area (Å²) < 4.78 is 16.3. The van der Waals surface area contributed by atoms with Gasteiger partial charge in [-0.1, -0.05) is 6.42 Å². The molecule has 28 heavy (non-hydrogen) atoms. The highest BCUT2D eigenvalue weighted by molar-refractivity contribution is 9.12. The molecule has 2 atom stereocenters. The Labute approximate surface area is 178 Å². The average Bonchev–Trinajstić information content (AvgIpc) is 3.01. The molecule has 2 heterocycles. The Morgan fingerprint density at radius 2 is 2.00 bits per heavy atom. The van der Waals surface area contributed by atoms with Gasteiger partial charge in [0.05, 0.1) is 10.5 Å². The summed E-state index contributed by atoms with van der Waals surface area (Å²) in [6.07, 6.45) is 5.41. The van der Waals surface area contributed by atoms with Crippen molar-refractivity contribution in [2.24, 2.45) is 16.1 Å². The second kappa shape index (κ2) is 8.03. The maximum Gasteiger partial charge on any atom is 0.208 e. The first kappa shape index (κ1) is 21.7. The molecule has 3 N–H and O–H groups in total. The van der Waals surface area contributed by atoms with E-state index >= 15 is 0 Å². The minimum Gasteiger partial charge on any atom is -0.598 e. The number of rotatable bonds is 2. The number of piperidine rings is 1. The molecule has 9 heteroatoms. The van der Waals surface area contributed by atoms with Crippen LogP contribution in [0.4, 0.5) is 0 Å². The second-order valence-electron chi connectivity index (χ2n) is 8.91. The molecule has 1 aliphatic carbocycles. The van der Waals surface area contributed by atoms with E-state index in [-0.39, 0.29) is 16.2 Å². The van der Waals surface area contributed by atoms with E-state index in [1.165, 1.54) is 6.42 Å². The number of nitrogens with zero attached hydrogens (tertiary/aromatic N) is 3. The molecule has 156 valence electrons. The number of likely N-dealkylation sites (N-methyl/N-ethyl adjacent to an activating group) is 1. The molecule has 0 aromatic heterocycles. The summed E-state index contributed by atoms with van der Waals surface area (Å²) in [7, 11) is 1.81. The molecule has 0 aromatic carbocycles. The maximum absolute atomic E-state index is 12.6. The van der Waals surface area contributed by atoms with Crippen LogP contribution in [0.3, 0.4) is 0 Å². The standard InChI is InChI=1S/C19H30BrN5O2S/c1-18(2,3)28(27)23-14-6-5-7-19(14)8-10-25(11-9-19)17-22-16(21)15(20)13(12-26)24(17)4/h14,23H,5-11,21H2,1-4H3/t14-,28?/m1/s1. The first-order valence-electron chi connectivity index (χ1n) is 9.75. The lowest BCUT2D eigenvalue weighted by atomic mass is 9.74. The largest absolute Gasteiger partial charge is 0.598 e. The number of nitrogens with one attached hydrogen (secondary N) is 1. The topological polar surface area (TPSA) is 97.0 Å². The van der Waals surface area contributed by atoms with Gasteiger partial charge in [0, 0.05) is 31.5 Å². The summed E-state index contributed by atoms with van der Waals surface area (Å²) in [6, 6.07) is 0.283. The van der Waals surface area contributed by atoms with E-state index in [2.05, 4.69) is 30.5 Å². The molecule has 3 rings (SSSR count). The highest BCUT2D eigenvalue weighted by atomic mass is 79.9. The lowest BCUT2D eigenvalue weighted by Crippen LogP contribution is -2.55. The number of allylic oxidation sites excluding steroid dienone is 1. The lowest BCUT2D eigenvalue weighted by molar-refractivity contribution is 0.122. The molecule has 0 bridgehead atoms. The smallest absolute Gasteiger partial charge is 0.208 e. The Hall–Kier alpha value is -0.990. The van der Waals surface area contributed by atoms with Crippen molar-refractivity contribution in [3.05, 3.63) is 16.0 Å². The molecule has 1 unspecified atom stereocenters. The number of halogens is 1. The van der Waals surface area contributed by atoms with Crippen LogP contribution in [0.2, 0.25) is 0 Å². The fraction of sp³-hybridized carbons (Fsp3) is 0.737. The maximum atomic E-state index is 12.6. The third-order valence-corrected chi connectivity index (χ3v) is 8.53. The molecule has 2 aliphatic heterocycles. The van der Waals surface area contributed by atoms with Crippen LogP contribution in [0.15, 0.2) is 21.0 Å². The molecule has 7 nitrogen and oxygen atoms in total. The van der Waals surface area contributed by atoms with Crippen molar-refractivity contribution in [2.75, 3.05) is 20.1 Å². The van der Waals surface area contributed by atoms with Crippen LogP contribution < -0.4 is 10.5 Å². The van der Waals surface area contributed by atoms with Crippen LogP contribution in [0.25, 0.3) is 0 Å². The minimum atomic E-state index is -1.06. The van der Waals surface area contributed by atoms with Gasteiger partial charge < -0.3 is 20.1 Å². The van der Waals surface area contributed by atoms with Crippen molar-refractivity contribution >= 4 is 39.2 Å². The molecule has 1 saturated heterocycles. The van der Waals surface area contributed by atoms with Gasteiger partial charge in [0.1, 0.15) is 16.3 Å². The zero-order valence-corrected chi connectivity index (χ0v) is 19.5. The van der Waals surface area contributed by atoms with Crippen LogP contribution >= 0.6 is 15.9 Å². The highest BCUT2D eigenvalue weighted by Crippen LogP contribution is 2.47. The van der Waals surface area contributed by atoms with Gasteiger partial charge in [-0.2, -0.15) is 4.99 Å². The Kier molecular flexibility index (Phi) is 6.23. The van der Waals surface area contributed by atoms with Gasteiger partial charge in [0.15, 0.2) is 5.94 Å². The molecule has 3 aliphatic rings. The zero-order valence-electron chi connectivity index (χ0n) is 17.0. The van der Waals surface area contributed by atoms with E-state index < -0.39 is 11.4 Å². The highest BCUT2D eigenvalue weighted by Gasteiger charge is 2.48. The molecule has 1 saturated carbocycles. The summed E-state index contributed by atoms with van der Waals surface area (Å²) in [5.74, 6) is 2.94. The number of nitrogens with two attached hydrogens (primary N) is 1.